The first-order valence-corrected chi connectivity index (χ1v) is 4.81. The fraction of sp³-hybridized carbons (Fsp3) is 1.00. The second-order valence-corrected chi connectivity index (χ2v) is 4.37. The molecule has 0 aromatic rings. The Bertz CT molecular complexity index is 116. The van der Waals surface area contributed by atoms with Gasteiger partial charge in [-0.05, 0) is 38.6 Å². The van der Waals surface area contributed by atoms with Crippen LogP contribution in [0.1, 0.15) is 33.6 Å². The summed E-state index contributed by atoms with van der Waals surface area (Å²) in [4.78, 5) is 2.50. The molecule has 0 aromatic heterocycles. The standard InChI is InChI=1S/C10H21N/c1-8(2)9(3)11(4)7-10-5-6-10/h8-10H,5-7H2,1-4H3. The number of hydrogen-bond donors (Lipinski definition) is 0. The molecule has 0 amide bonds. The van der Waals surface area contributed by atoms with Crippen molar-refractivity contribution in [2.24, 2.45) is 11.8 Å². The number of hydrogen-bond acceptors (Lipinski definition) is 1. The fourth-order valence-electron chi connectivity index (χ4n) is 1.38. The van der Waals surface area contributed by atoms with Crippen LogP contribution >= 0.6 is 0 Å². The smallest absolute Gasteiger partial charge is 0.00869 e. The first-order valence-electron chi connectivity index (χ1n) is 4.81. The Labute approximate surface area is 70.8 Å². The lowest BCUT2D eigenvalue weighted by molar-refractivity contribution is 0.200. The Hall–Kier alpha value is -0.0400. The van der Waals surface area contributed by atoms with Crippen LogP contribution < -0.4 is 0 Å². The van der Waals surface area contributed by atoms with Gasteiger partial charge in [0, 0.05) is 12.6 Å². The average molecular weight is 155 g/mol. The molecule has 0 N–H and O–H groups in total. The topological polar surface area (TPSA) is 3.24 Å². The summed E-state index contributed by atoms with van der Waals surface area (Å²) in [5, 5.41) is 0. The van der Waals surface area contributed by atoms with E-state index in [-0.39, 0.29) is 0 Å². The van der Waals surface area contributed by atoms with Gasteiger partial charge in [0.2, 0.25) is 0 Å². The van der Waals surface area contributed by atoms with E-state index in [1.54, 1.807) is 0 Å². The summed E-state index contributed by atoms with van der Waals surface area (Å²) in [6.07, 6.45) is 2.93. The van der Waals surface area contributed by atoms with Crippen molar-refractivity contribution < 1.29 is 0 Å². The molecule has 0 saturated heterocycles. The second-order valence-electron chi connectivity index (χ2n) is 4.37. The quantitative estimate of drug-likeness (QED) is 0.602. The van der Waals surface area contributed by atoms with Gasteiger partial charge >= 0.3 is 0 Å². The van der Waals surface area contributed by atoms with Gasteiger partial charge in [0.1, 0.15) is 0 Å². The molecule has 11 heavy (non-hydrogen) atoms. The highest BCUT2D eigenvalue weighted by molar-refractivity contribution is 4.78. The van der Waals surface area contributed by atoms with Crippen molar-refractivity contribution in [3.63, 3.8) is 0 Å². The van der Waals surface area contributed by atoms with Gasteiger partial charge in [0.25, 0.3) is 0 Å². The van der Waals surface area contributed by atoms with Crippen molar-refractivity contribution in [2.75, 3.05) is 13.6 Å². The van der Waals surface area contributed by atoms with Crippen LogP contribution in [0.5, 0.6) is 0 Å². The summed E-state index contributed by atoms with van der Waals surface area (Å²) in [6.45, 7) is 8.24. The normalized spacial score (nSPS) is 21.3. The lowest BCUT2D eigenvalue weighted by Crippen LogP contribution is -2.34. The highest BCUT2D eigenvalue weighted by Gasteiger charge is 2.25. The van der Waals surface area contributed by atoms with Gasteiger partial charge in [-0.3, -0.25) is 0 Å². The summed E-state index contributed by atoms with van der Waals surface area (Å²) < 4.78 is 0. The van der Waals surface area contributed by atoms with Gasteiger partial charge in [-0.25, -0.2) is 0 Å². The van der Waals surface area contributed by atoms with Gasteiger partial charge in [-0.15, -0.1) is 0 Å². The van der Waals surface area contributed by atoms with Crippen molar-refractivity contribution in [3.8, 4) is 0 Å². The van der Waals surface area contributed by atoms with Crippen molar-refractivity contribution in [2.45, 2.75) is 39.7 Å². The molecule has 0 aliphatic heterocycles. The van der Waals surface area contributed by atoms with E-state index in [1.165, 1.54) is 19.4 Å². The van der Waals surface area contributed by atoms with E-state index >= 15 is 0 Å². The molecule has 1 heteroatoms. The summed E-state index contributed by atoms with van der Waals surface area (Å²) in [7, 11) is 2.25. The predicted octanol–water partition coefficient (Wildman–Crippen LogP) is 2.37. The zero-order valence-corrected chi connectivity index (χ0v) is 8.30. The van der Waals surface area contributed by atoms with E-state index in [0.717, 1.165) is 17.9 Å². The molecule has 0 spiro atoms. The molecular weight excluding hydrogens is 134 g/mol. The molecule has 0 aromatic carbocycles. The Morgan fingerprint density at radius 2 is 1.82 bits per heavy atom. The lowest BCUT2D eigenvalue weighted by Gasteiger charge is -2.27. The molecule has 1 nitrogen and oxygen atoms in total. The van der Waals surface area contributed by atoms with Crippen LogP contribution in [0.25, 0.3) is 0 Å². The highest BCUT2D eigenvalue weighted by Crippen LogP contribution is 2.30. The van der Waals surface area contributed by atoms with Crippen LogP contribution in [0.2, 0.25) is 0 Å². The first kappa shape index (κ1) is 9.05. The van der Waals surface area contributed by atoms with E-state index < -0.39 is 0 Å². The molecular formula is C10H21N. The monoisotopic (exact) mass is 155 g/mol. The maximum atomic E-state index is 2.50. The molecule has 1 saturated carbocycles. The van der Waals surface area contributed by atoms with Crippen LogP contribution in [0.15, 0.2) is 0 Å². The summed E-state index contributed by atoms with van der Waals surface area (Å²) in [5.74, 6) is 1.82. The molecule has 66 valence electrons. The fourth-order valence-corrected chi connectivity index (χ4v) is 1.38. The molecule has 0 bridgehead atoms. The predicted molar refractivity (Wildman–Crippen MR) is 49.7 cm³/mol. The highest BCUT2D eigenvalue weighted by atomic mass is 15.1. The van der Waals surface area contributed by atoms with Crippen LogP contribution in [-0.4, -0.2) is 24.5 Å². The van der Waals surface area contributed by atoms with Gasteiger partial charge in [-0.1, -0.05) is 13.8 Å². The van der Waals surface area contributed by atoms with Gasteiger partial charge in [0.05, 0.1) is 0 Å². The van der Waals surface area contributed by atoms with Gasteiger partial charge < -0.3 is 4.90 Å². The third-order valence-electron chi connectivity index (χ3n) is 2.90. The third-order valence-corrected chi connectivity index (χ3v) is 2.90. The van der Waals surface area contributed by atoms with Crippen molar-refractivity contribution in [1.29, 1.82) is 0 Å². The Morgan fingerprint density at radius 1 is 1.27 bits per heavy atom. The van der Waals surface area contributed by atoms with Crippen LogP contribution in [-0.2, 0) is 0 Å². The SMILES string of the molecule is CC(C)C(C)N(C)CC1CC1. The van der Waals surface area contributed by atoms with E-state index in [4.69, 9.17) is 0 Å². The van der Waals surface area contributed by atoms with E-state index in [1.807, 2.05) is 0 Å². The third kappa shape index (κ3) is 2.82. The van der Waals surface area contributed by atoms with Crippen LogP contribution in [0.3, 0.4) is 0 Å². The van der Waals surface area contributed by atoms with Crippen molar-refractivity contribution in [3.05, 3.63) is 0 Å². The number of rotatable bonds is 4. The molecule has 1 rings (SSSR count). The second kappa shape index (κ2) is 3.57. The molecule has 1 unspecified atom stereocenters. The van der Waals surface area contributed by atoms with Crippen molar-refractivity contribution in [1.82, 2.24) is 4.90 Å². The van der Waals surface area contributed by atoms with Gasteiger partial charge in [0.15, 0.2) is 0 Å². The molecule has 0 radical (unpaired) electrons. The zero-order valence-electron chi connectivity index (χ0n) is 8.30. The zero-order chi connectivity index (χ0) is 8.43. The maximum Gasteiger partial charge on any atom is 0.00869 e. The summed E-state index contributed by atoms with van der Waals surface area (Å²) >= 11 is 0. The van der Waals surface area contributed by atoms with E-state index in [2.05, 4.69) is 32.7 Å². The van der Waals surface area contributed by atoms with Crippen LogP contribution in [0, 0.1) is 11.8 Å². The van der Waals surface area contributed by atoms with Crippen molar-refractivity contribution >= 4 is 0 Å². The van der Waals surface area contributed by atoms with Gasteiger partial charge in [-0.2, -0.15) is 0 Å². The Kier molecular flexibility index (Phi) is 2.94. The summed E-state index contributed by atoms with van der Waals surface area (Å²) in [6, 6.07) is 0.746. The van der Waals surface area contributed by atoms with E-state index in [0.29, 0.717) is 0 Å². The largest absolute Gasteiger partial charge is 0.303 e. The average Bonchev–Trinajstić information content (AvgIpc) is 2.69. The van der Waals surface area contributed by atoms with E-state index in [9.17, 15) is 0 Å². The Morgan fingerprint density at radius 3 is 2.18 bits per heavy atom. The van der Waals surface area contributed by atoms with Crippen LogP contribution in [0.4, 0.5) is 0 Å². The molecule has 0 heterocycles. The minimum absolute atomic E-state index is 0.746. The minimum Gasteiger partial charge on any atom is -0.303 e. The minimum atomic E-state index is 0.746. The maximum absolute atomic E-state index is 2.50. The molecule has 1 aliphatic carbocycles. The molecule has 1 fully saturated rings. The lowest BCUT2D eigenvalue weighted by atomic mass is 10.1. The Balaban J connectivity index is 2.20. The molecule has 1 aliphatic rings. The number of nitrogens with zero attached hydrogens (tertiary/aromatic N) is 1. The summed E-state index contributed by atoms with van der Waals surface area (Å²) in [5.41, 5.74) is 0. The first-order chi connectivity index (χ1) is 5.11. The molecule has 1 atom stereocenters.